The van der Waals surface area contributed by atoms with Gasteiger partial charge < -0.3 is 15.5 Å². The van der Waals surface area contributed by atoms with E-state index in [1.165, 1.54) is 0 Å². The number of carbonyl (C=O) groups excluding carboxylic acids is 1. The molecular weight excluding hydrogens is 234 g/mol. The van der Waals surface area contributed by atoms with E-state index in [0.29, 0.717) is 5.11 Å². The van der Waals surface area contributed by atoms with E-state index in [0.717, 1.165) is 32.5 Å². The molecule has 0 aliphatic heterocycles. The molecule has 0 aliphatic carbocycles. The number of hydrogen-bond donors (Lipinski definition) is 2. The van der Waals surface area contributed by atoms with E-state index < -0.39 is 0 Å². The van der Waals surface area contributed by atoms with Crippen LogP contribution in [0, 0.1) is 0 Å². The molecule has 1 unspecified atom stereocenters. The minimum atomic E-state index is -0.267. The van der Waals surface area contributed by atoms with Crippen LogP contribution >= 0.6 is 12.2 Å². The van der Waals surface area contributed by atoms with E-state index >= 15 is 0 Å². The largest absolute Gasteiger partial charge is 0.363 e. The van der Waals surface area contributed by atoms with Gasteiger partial charge in [0.1, 0.15) is 6.04 Å². The second-order valence-corrected chi connectivity index (χ2v) is 4.39. The summed E-state index contributed by atoms with van der Waals surface area (Å²) in [6.45, 7) is 10.3. The van der Waals surface area contributed by atoms with Crippen LogP contribution in [0.5, 0.6) is 0 Å². The Bertz CT molecular complexity index is 242. The van der Waals surface area contributed by atoms with Crippen LogP contribution in [0.4, 0.5) is 0 Å². The van der Waals surface area contributed by atoms with Gasteiger partial charge in [0.2, 0.25) is 5.91 Å². The van der Waals surface area contributed by atoms with Crippen LogP contribution in [0.15, 0.2) is 0 Å². The molecule has 0 fully saturated rings. The predicted octanol–water partition coefficient (Wildman–Crippen LogP) is 1.51. The van der Waals surface area contributed by atoms with Crippen LogP contribution in [0.25, 0.3) is 0 Å². The summed E-state index contributed by atoms with van der Waals surface area (Å²) in [7, 11) is 0. The van der Waals surface area contributed by atoms with Crippen molar-refractivity contribution in [3.05, 3.63) is 0 Å². The monoisotopic (exact) mass is 259 g/mol. The highest BCUT2D eigenvalue weighted by Crippen LogP contribution is 1.94. The van der Waals surface area contributed by atoms with Crippen LogP contribution in [-0.2, 0) is 4.79 Å². The van der Waals surface area contributed by atoms with Crippen molar-refractivity contribution < 1.29 is 4.79 Å². The molecule has 0 bridgehead atoms. The van der Waals surface area contributed by atoms with E-state index in [4.69, 9.17) is 12.2 Å². The number of carbonyl (C=O) groups is 1. The lowest BCUT2D eigenvalue weighted by molar-refractivity contribution is -0.132. The van der Waals surface area contributed by atoms with Crippen molar-refractivity contribution in [3.8, 4) is 0 Å². The van der Waals surface area contributed by atoms with Crippen molar-refractivity contribution >= 4 is 23.2 Å². The van der Waals surface area contributed by atoms with Gasteiger partial charge in [-0.3, -0.25) is 4.79 Å². The minimum Gasteiger partial charge on any atom is -0.363 e. The molecular formula is C12H25N3OS. The summed E-state index contributed by atoms with van der Waals surface area (Å²) >= 11 is 5.13. The second-order valence-electron chi connectivity index (χ2n) is 3.99. The third-order valence-electron chi connectivity index (χ3n) is 2.61. The fraction of sp³-hybridized carbons (Fsp3) is 0.833. The predicted molar refractivity (Wildman–Crippen MR) is 76.0 cm³/mol. The fourth-order valence-electron chi connectivity index (χ4n) is 1.50. The molecule has 0 radical (unpaired) electrons. The first-order valence-electron chi connectivity index (χ1n) is 6.39. The van der Waals surface area contributed by atoms with Crippen LogP contribution in [-0.4, -0.2) is 41.6 Å². The Kier molecular flexibility index (Phi) is 8.76. The summed E-state index contributed by atoms with van der Waals surface area (Å²) in [5.74, 6) is 0.0923. The van der Waals surface area contributed by atoms with Crippen molar-refractivity contribution in [2.75, 3.05) is 19.6 Å². The molecule has 0 saturated heterocycles. The van der Waals surface area contributed by atoms with E-state index in [9.17, 15) is 4.79 Å². The number of amides is 1. The van der Waals surface area contributed by atoms with Gasteiger partial charge in [0.25, 0.3) is 0 Å². The molecule has 4 nitrogen and oxygen atoms in total. The number of rotatable bonds is 7. The molecule has 0 aromatic carbocycles. The van der Waals surface area contributed by atoms with Crippen LogP contribution in [0.2, 0.25) is 0 Å². The van der Waals surface area contributed by atoms with Crippen molar-refractivity contribution in [3.63, 3.8) is 0 Å². The zero-order chi connectivity index (χ0) is 13.3. The first-order valence-corrected chi connectivity index (χ1v) is 6.80. The van der Waals surface area contributed by atoms with E-state index in [1.807, 2.05) is 20.8 Å². The molecule has 0 heterocycles. The maximum Gasteiger partial charge on any atom is 0.244 e. The Morgan fingerprint density at radius 3 is 2.35 bits per heavy atom. The number of likely N-dealkylation sites (N-methyl/N-ethyl adjacent to an activating group) is 1. The van der Waals surface area contributed by atoms with E-state index in [1.54, 1.807) is 4.90 Å². The maximum absolute atomic E-state index is 11.9. The molecule has 17 heavy (non-hydrogen) atoms. The lowest BCUT2D eigenvalue weighted by atomic mass is 10.3. The van der Waals surface area contributed by atoms with Gasteiger partial charge in [-0.2, -0.15) is 0 Å². The number of nitrogens with zero attached hydrogens (tertiary/aromatic N) is 1. The molecule has 1 atom stereocenters. The van der Waals surface area contributed by atoms with Crippen LogP contribution < -0.4 is 10.6 Å². The number of hydrogen-bond acceptors (Lipinski definition) is 2. The quantitative estimate of drug-likeness (QED) is 0.537. The second kappa shape index (κ2) is 9.22. The summed E-state index contributed by atoms with van der Waals surface area (Å²) in [5, 5.41) is 6.67. The van der Waals surface area contributed by atoms with Gasteiger partial charge in [-0.05, 0) is 39.4 Å². The minimum absolute atomic E-state index is 0.0923. The van der Waals surface area contributed by atoms with Crippen molar-refractivity contribution in [1.29, 1.82) is 0 Å². The summed E-state index contributed by atoms with van der Waals surface area (Å²) in [4.78, 5) is 13.7. The van der Waals surface area contributed by atoms with Gasteiger partial charge in [0.05, 0.1) is 0 Å². The molecule has 5 heteroatoms. The molecule has 0 aliphatic rings. The first-order chi connectivity index (χ1) is 8.06. The van der Waals surface area contributed by atoms with Gasteiger partial charge >= 0.3 is 0 Å². The highest BCUT2D eigenvalue weighted by Gasteiger charge is 2.18. The summed E-state index contributed by atoms with van der Waals surface area (Å²) in [5.41, 5.74) is 0. The number of nitrogens with one attached hydrogen (secondary N) is 2. The van der Waals surface area contributed by atoms with E-state index in [-0.39, 0.29) is 11.9 Å². The third kappa shape index (κ3) is 6.46. The van der Waals surface area contributed by atoms with Crippen molar-refractivity contribution in [2.24, 2.45) is 0 Å². The Morgan fingerprint density at radius 2 is 1.88 bits per heavy atom. The zero-order valence-electron chi connectivity index (χ0n) is 11.4. The summed E-state index contributed by atoms with van der Waals surface area (Å²) in [6.07, 6.45) is 2.21. The number of unbranched alkanes of at least 4 members (excludes halogenated alkanes) is 1. The van der Waals surface area contributed by atoms with Crippen LogP contribution in [0.3, 0.4) is 0 Å². The van der Waals surface area contributed by atoms with Gasteiger partial charge in [0, 0.05) is 19.6 Å². The normalized spacial score (nSPS) is 11.8. The highest BCUT2D eigenvalue weighted by atomic mass is 32.1. The highest BCUT2D eigenvalue weighted by molar-refractivity contribution is 7.80. The Morgan fingerprint density at radius 1 is 1.29 bits per heavy atom. The van der Waals surface area contributed by atoms with Crippen molar-refractivity contribution in [2.45, 2.75) is 46.6 Å². The fourth-order valence-corrected chi connectivity index (χ4v) is 1.78. The Labute approximate surface area is 110 Å². The molecule has 0 spiro atoms. The lowest BCUT2D eigenvalue weighted by Crippen LogP contribution is -2.49. The molecule has 2 N–H and O–H groups in total. The van der Waals surface area contributed by atoms with Gasteiger partial charge in [-0.15, -0.1) is 0 Å². The topological polar surface area (TPSA) is 44.4 Å². The van der Waals surface area contributed by atoms with Crippen molar-refractivity contribution in [1.82, 2.24) is 15.5 Å². The molecule has 0 aromatic rings. The number of thiocarbonyl (C=S) groups is 1. The maximum atomic E-state index is 11.9. The van der Waals surface area contributed by atoms with Gasteiger partial charge in [-0.1, -0.05) is 13.3 Å². The lowest BCUT2D eigenvalue weighted by Gasteiger charge is -2.24. The third-order valence-corrected chi connectivity index (χ3v) is 2.87. The molecule has 0 rings (SSSR count). The smallest absolute Gasteiger partial charge is 0.244 e. The average molecular weight is 259 g/mol. The SMILES string of the molecule is CCCCNC(=S)NC(C)C(=O)N(CC)CC. The van der Waals surface area contributed by atoms with E-state index in [2.05, 4.69) is 17.6 Å². The molecule has 100 valence electrons. The Hall–Kier alpha value is -0.840. The van der Waals surface area contributed by atoms with Crippen LogP contribution in [0.1, 0.15) is 40.5 Å². The summed E-state index contributed by atoms with van der Waals surface area (Å²) < 4.78 is 0. The molecule has 0 aromatic heterocycles. The summed E-state index contributed by atoms with van der Waals surface area (Å²) in [6, 6.07) is -0.267. The van der Waals surface area contributed by atoms with Gasteiger partial charge in [0.15, 0.2) is 5.11 Å². The average Bonchev–Trinajstić information content (AvgIpc) is 2.30. The van der Waals surface area contributed by atoms with Gasteiger partial charge in [-0.25, -0.2) is 0 Å². The molecule has 0 saturated carbocycles. The first kappa shape index (κ1) is 16.2. The Balaban J connectivity index is 4.02. The molecule has 1 amide bonds. The standard InChI is InChI=1S/C12H25N3OS/c1-5-8-9-13-12(17)14-10(4)11(16)15(6-2)7-3/h10H,5-9H2,1-4H3,(H2,13,14,17). The zero-order valence-corrected chi connectivity index (χ0v) is 12.2.